The van der Waals surface area contributed by atoms with Gasteiger partial charge in [-0.15, -0.1) is 0 Å². The first-order chi connectivity index (χ1) is 38.7. The Bertz CT molecular complexity index is 2780. The molecule has 0 radical (unpaired) electrons. The van der Waals surface area contributed by atoms with Crippen LogP contribution in [0.2, 0.25) is 5.02 Å². The predicted molar refractivity (Wildman–Crippen MR) is 311 cm³/mol. The van der Waals surface area contributed by atoms with Gasteiger partial charge in [0.15, 0.2) is 0 Å². The molecule has 5 N–H and O–H groups in total. The van der Waals surface area contributed by atoms with E-state index in [2.05, 4.69) is 41.1 Å². The highest BCUT2D eigenvalue weighted by Crippen LogP contribution is 2.34. The first-order valence-electron chi connectivity index (χ1n) is 29.4. The van der Waals surface area contributed by atoms with E-state index in [0.29, 0.717) is 75.8 Å². The normalized spacial score (nSPS) is 18.5. The van der Waals surface area contributed by atoms with Gasteiger partial charge in [0.25, 0.3) is 5.91 Å². The van der Waals surface area contributed by atoms with Gasteiger partial charge in [-0.05, 0) is 166 Å². The van der Waals surface area contributed by atoms with Crippen molar-refractivity contribution in [3.8, 4) is 0 Å². The van der Waals surface area contributed by atoms with Gasteiger partial charge < -0.3 is 50.3 Å². The monoisotopic (exact) mass is 1140 g/mol. The summed E-state index contributed by atoms with van der Waals surface area (Å²) in [5.41, 5.74) is 0.310. The van der Waals surface area contributed by atoms with Gasteiger partial charge in [0.1, 0.15) is 47.1 Å². The fraction of sp³-hybridized carbons (Fsp3) is 0.607. The number of hydrogen-bond acceptors (Lipinski definition) is 12. The molecule has 4 fully saturated rings. The molecule has 8 rings (SSSR count). The molecule has 4 heterocycles. The van der Waals surface area contributed by atoms with Gasteiger partial charge in [-0.1, -0.05) is 55.1 Å². The number of halogens is 1. The van der Waals surface area contributed by atoms with Gasteiger partial charge >= 0.3 is 12.2 Å². The second-order valence-electron chi connectivity index (χ2n) is 24.5. The number of carbonyl (C=O) groups is 6. The molecule has 2 saturated heterocycles. The quantitative estimate of drug-likeness (QED) is 0.0464. The molecule has 0 bridgehead atoms. The van der Waals surface area contributed by atoms with Crippen LogP contribution in [-0.2, 0) is 28.6 Å². The minimum atomic E-state index is -1.27. The Balaban J connectivity index is 0.804. The number of fused-ring (bicyclic) bond motifs is 1. The minimum absolute atomic E-state index is 0.0156. The maximum Gasteiger partial charge on any atom is 0.411 e. The number of rotatable bonds is 22. The number of aromatic nitrogens is 3. The van der Waals surface area contributed by atoms with Crippen LogP contribution in [0.5, 0.6) is 0 Å². The van der Waals surface area contributed by atoms with Gasteiger partial charge in [0, 0.05) is 74.7 Å². The van der Waals surface area contributed by atoms with E-state index in [-0.39, 0.29) is 48.1 Å². The zero-order valence-electron chi connectivity index (χ0n) is 48.3. The largest absolute Gasteiger partial charge is 0.444 e. The van der Waals surface area contributed by atoms with E-state index in [9.17, 15) is 28.8 Å². The fourth-order valence-corrected chi connectivity index (χ4v) is 11.5. The number of ether oxygens (including phenoxy) is 3. The lowest BCUT2D eigenvalue weighted by Crippen LogP contribution is -2.64. The number of hydrogen-bond donors (Lipinski definition) is 5. The Kier molecular flexibility index (Phi) is 20.6. The molecule has 3 atom stereocenters. The summed E-state index contributed by atoms with van der Waals surface area (Å²) in [5, 5.41) is 13.9. The number of nitrogens with one attached hydrogen (secondary N) is 5. The maximum atomic E-state index is 14.6. The van der Waals surface area contributed by atoms with Crippen LogP contribution in [0.4, 0.5) is 15.4 Å². The van der Waals surface area contributed by atoms with Gasteiger partial charge in [0.05, 0.1) is 11.4 Å². The zero-order valence-corrected chi connectivity index (χ0v) is 49.0. The third kappa shape index (κ3) is 17.3. The molecule has 4 aliphatic rings. The molecule has 440 valence electrons. The SMILES string of the molecule is CC(C)(C)OC(=O)NC1(C(=O)N[C@@H](CCOCCCCCNC(=O)[C@H](NC(=O)c2cccc(C3CCCN(C(=O)CN(C(=O)OC(C)(C)C)C4CC4)C3)c2)C2CCCCC2)c2ccc(Cl)cc2)CCN(c2ncnc3[nH]ccc23)CC1. The number of anilines is 1. The molecule has 0 spiro atoms. The highest BCUT2D eigenvalue weighted by Gasteiger charge is 2.45. The number of nitrogens with zero attached hydrogens (tertiary/aromatic N) is 5. The summed E-state index contributed by atoms with van der Waals surface area (Å²) in [6.45, 7) is 14.1. The smallest absolute Gasteiger partial charge is 0.411 e. The molecule has 2 aliphatic heterocycles. The third-order valence-electron chi connectivity index (χ3n) is 15.8. The fourth-order valence-electron chi connectivity index (χ4n) is 11.4. The average Bonchev–Trinajstić information content (AvgIpc) is 4.30. The predicted octanol–water partition coefficient (Wildman–Crippen LogP) is 9.51. The number of benzene rings is 2. The molecule has 2 aromatic carbocycles. The molecule has 19 nitrogen and oxygen atoms in total. The summed E-state index contributed by atoms with van der Waals surface area (Å²) in [6, 6.07) is 15.7. The molecule has 2 aliphatic carbocycles. The lowest BCUT2D eigenvalue weighted by molar-refractivity contribution is -0.133. The van der Waals surface area contributed by atoms with Crippen molar-refractivity contribution < 1.29 is 43.0 Å². The summed E-state index contributed by atoms with van der Waals surface area (Å²) >= 11 is 6.30. The van der Waals surface area contributed by atoms with Crippen LogP contribution in [0, 0.1) is 5.92 Å². The van der Waals surface area contributed by atoms with Crippen molar-refractivity contribution >= 4 is 64.3 Å². The summed E-state index contributed by atoms with van der Waals surface area (Å²) < 4.78 is 17.5. The molecule has 6 amide bonds. The molecule has 81 heavy (non-hydrogen) atoms. The van der Waals surface area contributed by atoms with Crippen LogP contribution in [0.25, 0.3) is 11.0 Å². The minimum Gasteiger partial charge on any atom is -0.444 e. The number of H-pyrrole nitrogens is 1. The molecule has 2 aromatic heterocycles. The zero-order chi connectivity index (χ0) is 57.7. The second kappa shape index (κ2) is 27.5. The highest BCUT2D eigenvalue weighted by molar-refractivity contribution is 6.30. The van der Waals surface area contributed by atoms with Crippen molar-refractivity contribution in [2.45, 2.75) is 179 Å². The number of amides is 6. The topological polar surface area (TPSA) is 230 Å². The van der Waals surface area contributed by atoms with Crippen molar-refractivity contribution in [2.75, 3.05) is 57.4 Å². The Hall–Kier alpha value is -6.47. The average molecular weight is 1140 g/mol. The Morgan fingerprint density at radius 3 is 2.27 bits per heavy atom. The number of likely N-dealkylation sites (tertiary alicyclic amines) is 1. The van der Waals surface area contributed by atoms with Crippen LogP contribution in [0.3, 0.4) is 0 Å². The molecule has 20 heteroatoms. The van der Waals surface area contributed by atoms with E-state index in [4.69, 9.17) is 25.8 Å². The van der Waals surface area contributed by atoms with Gasteiger partial charge in [-0.3, -0.25) is 24.1 Å². The molecular weight excluding hydrogens is 1050 g/mol. The Morgan fingerprint density at radius 2 is 1.56 bits per heavy atom. The summed E-state index contributed by atoms with van der Waals surface area (Å²) in [4.78, 5) is 100. The van der Waals surface area contributed by atoms with Gasteiger partial charge in [-0.25, -0.2) is 19.6 Å². The number of unbranched alkanes of at least 4 members (excludes halogenated alkanes) is 2. The van der Waals surface area contributed by atoms with Crippen LogP contribution >= 0.6 is 11.6 Å². The van der Waals surface area contributed by atoms with Crippen molar-refractivity contribution in [2.24, 2.45) is 5.92 Å². The van der Waals surface area contributed by atoms with Crippen LogP contribution in [0.1, 0.15) is 171 Å². The lowest BCUT2D eigenvalue weighted by atomic mass is 9.83. The third-order valence-corrected chi connectivity index (χ3v) is 16.1. The van der Waals surface area contributed by atoms with Crippen molar-refractivity contribution in [1.82, 2.24) is 46.0 Å². The highest BCUT2D eigenvalue weighted by atomic mass is 35.5. The van der Waals surface area contributed by atoms with Gasteiger partial charge in [0.2, 0.25) is 17.7 Å². The molecule has 4 aromatic rings. The van der Waals surface area contributed by atoms with E-state index in [0.717, 1.165) is 105 Å². The number of carbonyl (C=O) groups excluding carboxylic acids is 6. The molecule has 2 saturated carbocycles. The molecular formula is C61H85ClN10O9. The van der Waals surface area contributed by atoms with E-state index in [1.807, 2.05) is 68.3 Å². The van der Waals surface area contributed by atoms with E-state index >= 15 is 0 Å². The maximum absolute atomic E-state index is 14.6. The van der Waals surface area contributed by atoms with Crippen LogP contribution < -0.4 is 26.2 Å². The first-order valence-corrected chi connectivity index (χ1v) is 29.8. The standard InChI is InChI=1S/C61H85ClN10O9/c1-59(2,3)80-57(77)69-61(28-33-70(34-29-61)53-48-26-31-63-52(48)65-40-66-53)56(76)67-49(41-20-22-46(62)23-21-41)27-36-79-35-12-8-11-30-64-55(75)51(42-15-9-7-10-16-42)68-54(74)44-18-13-17-43(37-44)45-19-14-32-71(38-45)50(73)39-72(47-24-25-47)58(78)81-60(4,5)6/h13,17-18,20-23,26,31,37,40,42,45,47,49,51H,7-12,14-16,19,24-25,27-30,32-36,38-39H2,1-6H3,(H,64,75)(H,67,76)(H,68,74)(H,69,77)(H,63,65,66)/t45?,49-,51+/m0/s1. The van der Waals surface area contributed by atoms with Crippen molar-refractivity contribution in [3.63, 3.8) is 0 Å². The van der Waals surface area contributed by atoms with Crippen LogP contribution in [-0.4, -0.2) is 142 Å². The number of alkyl carbamates (subject to hydrolysis) is 1. The summed E-state index contributed by atoms with van der Waals surface area (Å²) in [6.07, 6.45) is 13.8. The Morgan fingerprint density at radius 1 is 0.815 bits per heavy atom. The van der Waals surface area contributed by atoms with Crippen molar-refractivity contribution in [1.29, 1.82) is 0 Å². The van der Waals surface area contributed by atoms with E-state index in [1.165, 1.54) is 6.33 Å². The van der Waals surface area contributed by atoms with Gasteiger partial charge in [-0.2, -0.15) is 0 Å². The summed E-state index contributed by atoms with van der Waals surface area (Å²) in [7, 11) is 0. The lowest BCUT2D eigenvalue weighted by Gasteiger charge is -2.42. The molecule has 1 unspecified atom stereocenters. The number of aromatic amines is 1. The summed E-state index contributed by atoms with van der Waals surface area (Å²) in [5.74, 6) is -0.0929. The number of piperidine rings is 2. The second-order valence-corrected chi connectivity index (χ2v) is 24.9. The van der Waals surface area contributed by atoms with E-state index < -0.39 is 41.0 Å². The van der Waals surface area contributed by atoms with Crippen LogP contribution in [0.15, 0.2) is 67.1 Å². The van der Waals surface area contributed by atoms with Crippen molar-refractivity contribution in [3.05, 3.63) is 88.8 Å². The Labute approximate surface area is 482 Å². The van der Waals surface area contributed by atoms with E-state index in [1.54, 1.807) is 43.9 Å². The first kappa shape index (κ1) is 60.6.